The maximum absolute atomic E-state index is 12.8. The number of nitrogens with zero attached hydrogens (tertiary/aromatic N) is 3. The molecule has 0 saturated carbocycles. The van der Waals surface area contributed by atoms with Crippen molar-refractivity contribution < 1.29 is 51.3 Å². The van der Waals surface area contributed by atoms with Gasteiger partial charge in [-0.15, -0.1) is 4.40 Å². The molecule has 2 rings (SSSR count). The molecule has 5 atom stereocenters. The molecular weight excluding hydrogens is 480 g/mol. The van der Waals surface area contributed by atoms with Crippen LogP contribution in [0.2, 0.25) is 0 Å². The summed E-state index contributed by atoms with van der Waals surface area (Å²) < 4.78 is 55.5. The van der Waals surface area contributed by atoms with E-state index < -0.39 is 77.2 Å². The molecule has 0 radical (unpaired) electrons. The van der Waals surface area contributed by atoms with Crippen LogP contribution >= 0.6 is 0 Å². The summed E-state index contributed by atoms with van der Waals surface area (Å²) in [6.07, 6.45) is -7.21. The molecule has 0 aromatic carbocycles. The normalized spacial score (nSPS) is 27.9. The third kappa shape index (κ3) is 6.20. The quantitative estimate of drug-likeness (QED) is 0.320. The van der Waals surface area contributed by atoms with Gasteiger partial charge in [0, 0.05) is 33.9 Å². The smallest absolute Gasteiger partial charge is 0.348 e. The second-order valence-electron chi connectivity index (χ2n) is 7.03. The van der Waals surface area contributed by atoms with Gasteiger partial charge in [0.25, 0.3) is 0 Å². The number of hydrogen-bond donors (Lipinski definition) is 1. The lowest BCUT2D eigenvalue weighted by atomic mass is 9.97. The molecule has 34 heavy (non-hydrogen) atoms. The molecule has 2 heterocycles. The number of ether oxygens (including phenoxy) is 5. The van der Waals surface area contributed by atoms with Crippen molar-refractivity contribution in [3.8, 4) is 6.07 Å². The fraction of sp³-hybridized carbons (Fsp3) is 0.556. The van der Waals surface area contributed by atoms with Gasteiger partial charge in [-0.1, -0.05) is 0 Å². The van der Waals surface area contributed by atoms with Crippen LogP contribution in [0.1, 0.15) is 27.7 Å². The average molecular weight is 502 g/mol. The lowest BCUT2D eigenvalue weighted by Crippen LogP contribution is -2.66. The molecule has 15 nitrogen and oxygen atoms in total. The SMILES string of the molecule is CC(=O)OC[C@H]1O[C@@H](N2C=C(C#N)C(N)=NS2(=O)=O)[C@H](OC(C)=O)[C@@H](OC(C)=O)[C@@H]1OC(C)=O. The summed E-state index contributed by atoms with van der Waals surface area (Å²) in [6, 6.07) is 1.66. The van der Waals surface area contributed by atoms with E-state index in [9.17, 15) is 32.9 Å². The number of amidine groups is 1. The minimum atomic E-state index is -4.63. The Morgan fingerprint density at radius 1 is 1.03 bits per heavy atom. The number of nitrogens with two attached hydrogens (primary N) is 1. The van der Waals surface area contributed by atoms with Crippen molar-refractivity contribution in [1.82, 2.24) is 4.31 Å². The molecule has 16 heteroatoms. The van der Waals surface area contributed by atoms with E-state index in [4.69, 9.17) is 29.4 Å². The lowest BCUT2D eigenvalue weighted by Gasteiger charge is -2.46. The van der Waals surface area contributed by atoms with Crippen molar-refractivity contribution in [3.05, 3.63) is 11.8 Å². The Labute approximate surface area is 194 Å². The van der Waals surface area contributed by atoms with Crippen LogP contribution in [-0.4, -0.2) is 79.7 Å². The van der Waals surface area contributed by atoms with Gasteiger partial charge < -0.3 is 29.4 Å². The van der Waals surface area contributed by atoms with E-state index in [1.165, 1.54) is 0 Å². The molecule has 0 aromatic heterocycles. The number of carbonyl (C=O) groups is 4. The first-order chi connectivity index (χ1) is 15.8. The van der Waals surface area contributed by atoms with Crippen LogP contribution < -0.4 is 5.73 Å². The molecule has 0 unspecified atom stereocenters. The molecule has 1 fully saturated rings. The van der Waals surface area contributed by atoms with Crippen molar-refractivity contribution in [2.75, 3.05) is 6.61 Å². The Morgan fingerprint density at radius 2 is 1.56 bits per heavy atom. The fourth-order valence-corrected chi connectivity index (χ4v) is 4.29. The summed E-state index contributed by atoms with van der Waals surface area (Å²) in [6.45, 7) is 3.56. The van der Waals surface area contributed by atoms with Crippen molar-refractivity contribution >= 4 is 39.9 Å². The second kappa shape index (κ2) is 10.5. The monoisotopic (exact) mass is 502 g/mol. The Balaban J connectivity index is 2.66. The molecule has 1 saturated heterocycles. The topological polar surface area (TPSA) is 214 Å². The molecule has 2 aliphatic heterocycles. The summed E-state index contributed by atoms with van der Waals surface area (Å²) >= 11 is 0. The molecule has 0 amide bonds. The minimum Gasteiger partial charge on any atom is -0.463 e. The average Bonchev–Trinajstić information content (AvgIpc) is 2.68. The first-order valence-electron chi connectivity index (χ1n) is 9.58. The second-order valence-corrected chi connectivity index (χ2v) is 8.53. The largest absolute Gasteiger partial charge is 0.463 e. The number of rotatable bonds is 6. The van der Waals surface area contributed by atoms with Gasteiger partial charge in [0.2, 0.25) is 0 Å². The third-order valence-corrected chi connectivity index (χ3v) is 5.62. The van der Waals surface area contributed by atoms with Crippen molar-refractivity contribution in [1.29, 1.82) is 5.26 Å². The van der Waals surface area contributed by atoms with Crippen LogP contribution in [0.3, 0.4) is 0 Å². The zero-order valence-corrected chi connectivity index (χ0v) is 19.3. The maximum atomic E-state index is 12.8. The highest BCUT2D eigenvalue weighted by Gasteiger charge is 2.55. The zero-order valence-electron chi connectivity index (χ0n) is 18.5. The number of nitriles is 1. The van der Waals surface area contributed by atoms with Gasteiger partial charge in [-0.2, -0.15) is 13.7 Å². The number of hydrogen-bond acceptors (Lipinski definition) is 13. The maximum Gasteiger partial charge on any atom is 0.348 e. The van der Waals surface area contributed by atoms with Gasteiger partial charge >= 0.3 is 34.1 Å². The fourth-order valence-electron chi connectivity index (χ4n) is 3.18. The molecule has 0 aliphatic carbocycles. The summed E-state index contributed by atoms with van der Waals surface area (Å²) in [5, 5.41) is 9.26. The van der Waals surface area contributed by atoms with Gasteiger partial charge in [0.15, 0.2) is 30.4 Å². The molecule has 0 spiro atoms. The van der Waals surface area contributed by atoms with Crippen LogP contribution in [0.25, 0.3) is 0 Å². The van der Waals surface area contributed by atoms with E-state index >= 15 is 0 Å². The highest BCUT2D eigenvalue weighted by atomic mass is 32.2. The first-order valence-corrected chi connectivity index (χ1v) is 11.0. The van der Waals surface area contributed by atoms with Crippen molar-refractivity contribution in [3.63, 3.8) is 0 Å². The van der Waals surface area contributed by atoms with E-state index in [1.807, 2.05) is 0 Å². The van der Waals surface area contributed by atoms with E-state index in [-0.39, 0.29) is 5.57 Å². The van der Waals surface area contributed by atoms with Crippen LogP contribution in [0, 0.1) is 11.3 Å². The Morgan fingerprint density at radius 3 is 2.06 bits per heavy atom. The summed E-state index contributed by atoms with van der Waals surface area (Å²) in [5.41, 5.74) is 5.13. The van der Waals surface area contributed by atoms with Gasteiger partial charge in [-0.3, -0.25) is 19.2 Å². The van der Waals surface area contributed by atoms with Crippen LogP contribution in [0.4, 0.5) is 0 Å². The Kier molecular flexibility index (Phi) is 8.18. The molecule has 2 N–H and O–H groups in total. The van der Waals surface area contributed by atoms with Gasteiger partial charge in [0.05, 0.1) is 0 Å². The predicted molar refractivity (Wildman–Crippen MR) is 108 cm³/mol. The van der Waals surface area contributed by atoms with Gasteiger partial charge in [0.1, 0.15) is 24.4 Å². The first kappa shape index (κ1) is 26.5. The summed E-state index contributed by atoms with van der Waals surface area (Å²) in [5.74, 6) is -4.03. The van der Waals surface area contributed by atoms with E-state index in [1.54, 1.807) is 6.07 Å². The predicted octanol–water partition coefficient (Wildman–Crippen LogP) is -1.61. The van der Waals surface area contributed by atoms with Gasteiger partial charge in [-0.05, 0) is 0 Å². The summed E-state index contributed by atoms with van der Waals surface area (Å²) in [7, 11) is -4.63. The molecule has 0 aromatic rings. The minimum absolute atomic E-state index is 0.359. The molecular formula is C18H22N4O11S. The Hall–Kier alpha value is -3.71. The highest BCUT2D eigenvalue weighted by molar-refractivity contribution is 7.88. The van der Waals surface area contributed by atoms with E-state index in [2.05, 4.69) is 4.40 Å². The highest BCUT2D eigenvalue weighted by Crippen LogP contribution is 2.33. The van der Waals surface area contributed by atoms with Crippen molar-refractivity contribution in [2.24, 2.45) is 10.1 Å². The standard InChI is InChI=1S/C18H22N4O11S/c1-8(23)29-7-13-14(30-9(2)24)15(31-10(3)25)16(32-11(4)26)18(33-13)22-6-12(5-19)17(20)21-34(22,27)28/h6,13-16,18H,7H2,1-4H3,(H2,20,21)/t13-,14-,15+,16-,18-/m1/s1. The van der Waals surface area contributed by atoms with E-state index in [0.29, 0.717) is 4.31 Å². The van der Waals surface area contributed by atoms with Crippen LogP contribution in [0.15, 0.2) is 16.2 Å². The zero-order chi connectivity index (χ0) is 25.8. The third-order valence-electron chi connectivity index (χ3n) is 4.35. The number of esters is 4. The molecule has 2 aliphatic rings. The molecule has 186 valence electrons. The van der Waals surface area contributed by atoms with Crippen LogP contribution in [-0.2, 0) is 53.1 Å². The van der Waals surface area contributed by atoms with Gasteiger partial charge in [-0.25, -0.2) is 4.31 Å². The van der Waals surface area contributed by atoms with E-state index in [0.717, 1.165) is 33.9 Å². The Bertz CT molecular complexity index is 1080. The summed E-state index contributed by atoms with van der Waals surface area (Å²) in [4.78, 5) is 46.8. The lowest BCUT2D eigenvalue weighted by molar-refractivity contribution is -0.266. The van der Waals surface area contributed by atoms with Crippen molar-refractivity contribution in [2.45, 2.75) is 58.3 Å². The van der Waals surface area contributed by atoms with Crippen LogP contribution in [0.5, 0.6) is 0 Å². The number of carbonyl (C=O) groups excluding carboxylic acids is 4. The molecule has 0 bridgehead atoms.